The molecule has 20 heteroatoms. The van der Waals surface area contributed by atoms with Gasteiger partial charge in [0.1, 0.15) is 35.6 Å². The highest BCUT2D eigenvalue weighted by Gasteiger charge is 2.68. The molecule has 76 heavy (non-hydrogen) atoms. The van der Waals surface area contributed by atoms with E-state index in [0.717, 1.165) is 46.5 Å². The number of esters is 4. The van der Waals surface area contributed by atoms with E-state index in [1.54, 1.807) is 13.0 Å². The molecule has 5 N–H and O–H groups in total. The second-order valence-electron chi connectivity index (χ2n) is 22.0. The highest BCUT2D eigenvalue weighted by atomic mass is 16.7. The monoisotopic (exact) mass is 1060 g/mol. The molecule has 1 saturated heterocycles. The molecular formula is C56H67NO19. The van der Waals surface area contributed by atoms with Crippen LogP contribution in [-0.4, -0.2) is 124 Å². The van der Waals surface area contributed by atoms with Crippen molar-refractivity contribution < 1.29 is 91.6 Å². The molecule has 0 bridgehead atoms. The van der Waals surface area contributed by atoms with Crippen molar-refractivity contribution in [3.05, 3.63) is 63.2 Å². The van der Waals surface area contributed by atoms with Gasteiger partial charge in [0.2, 0.25) is 5.78 Å². The van der Waals surface area contributed by atoms with Crippen LogP contribution in [0.3, 0.4) is 0 Å². The highest BCUT2D eigenvalue weighted by Crippen LogP contribution is 2.68. The Kier molecular flexibility index (Phi) is 15.3. The fraction of sp³-hybridized carbons (Fsp3) is 0.589. The number of carbonyl (C=O) groups excluding carboxylic acids is 9. The molecule has 9 rings (SSSR count). The van der Waals surface area contributed by atoms with Crippen LogP contribution in [0.1, 0.15) is 162 Å². The topological polar surface area (TPSA) is 305 Å². The summed E-state index contributed by atoms with van der Waals surface area (Å²) in [6.07, 6.45) is 0.790. The third kappa shape index (κ3) is 9.41. The molecule has 4 fully saturated rings. The minimum absolute atomic E-state index is 0.0225. The summed E-state index contributed by atoms with van der Waals surface area (Å²) in [4.78, 5) is 116. The number of ether oxygens (including phenoxy) is 7. The first kappa shape index (κ1) is 56.2. The van der Waals surface area contributed by atoms with Gasteiger partial charge in [-0.25, -0.2) is 0 Å². The fourth-order valence-electron chi connectivity index (χ4n) is 14.2. The lowest BCUT2D eigenvalue weighted by molar-refractivity contribution is -0.251. The Labute approximate surface area is 439 Å². The van der Waals surface area contributed by atoms with Gasteiger partial charge in [-0.1, -0.05) is 31.6 Å². The summed E-state index contributed by atoms with van der Waals surface area (Å²) in [7, 11) is 1.31. The molecule has 0 amide bonds. The van der Waals surface area contributed by atoms with Gasteiger partial charge >= 0.3 is 23.9 Å². The average molecular weight is 1060 g/mol. The summed E-state index contributed by atoms with van der Waals surface area (Å²) in [5.74, 6) is -5.91. The van der Waals surface area contributed by atoms with Gasteiger partial charge < -0.3 is 54.2 Å². The van der Waals surface area contributed by atoms with Gasteiger partial charge in [0.15, 0.2) is 35.0 Å². The summed E-state index contributed by atoms with van der Waals surface area (Å²) < 4.78 is 40.3. The van der Waals surface area contributed by atoms with Gasteiger partial charge in [0.05, 0.1) is 42.1 Å². The molecule has 20 nitrogen and oxygen atoms in total. The van der Waals surface area contributed by atoms with Crippen molar-refractivity contribution in [2.24, 2.45) is 34.3 Å². The number of Topliss-reactive ketones (excluding diaryl/α,β-unsaturated/α-hetero) is 2. The van der Waals surface area contributed by atoms with E-state index < -0.39 is 130 Å². The highest BCUT2D eigenvalue weighted by molar-refractivity contribution is 6.31. The van der Waals surface area contributed by atoms with Crippen molar-refractivity contribution in [2.45, 2.75) is 168 Å². The van der Waals surface area contributed by atoms with Crippen molar-refractivity contribution in [2.75, 3.05) is 13.7 Å². The van der Waals surface area contributed by atoms with Crippen LogP contribution in [0.25, 0.3) is 0 Å². The first-order chi connectivity index (χ1) is 35.7. The number of hydrogen-bond acceptors (Lipinski definition) is 20. The molecule has 0 aromatic heterocycles. The number of rotatable bonds is 10. The standard InChI is InChI=1S/C35H37NO14.C21H30O5/c1-14-32(46-16(3)38)22(36)11-25(45-14)49-24-13-35(15(2)37,50-19(6)41)12-21-27(24)34(48-18(5)40)29-28(33(21)47-17(4)39)30(42)20-9-8-10-23(44-7)26(20)31(29)43;1-19-7-5-13(23)9-12(19)3-4-14-15-6-8-21(26,17(25)11-22)20(15,2)10-16(24)18(14)19/h8-10,14,22,24-25,32H,11-13,36H2,1-7H3;9,14-16,18,22,24,26H,3-8,10-11H2,1-2H3/t14-,22-,24-,25+,32+,35-;14-,15-,16-,18+,19-,20-,21-/m00/s1. The second kappa shape index (κ2) is 20.7. The number of hydrogen-bond donors (Lipinski definition) is 4. The normalized spacial score (nSPS) is 33.9. The largest absolute Gasteiger partial charge is 0.496 e. The Bertz CT molecular complexity index is 2840. The number of methoxy groups -OCH3 is 1. The molecule has 6 aliphatic carbocycles. The molecule has 2 aromatic carbocycles. The molecule has 410 valence electrons. The Balaban J connectivity index is 0.000000245. The minimum Gasteiger partial charge on any atom is -0.496 e. The number of nitrogens with two attached hydrogens (primary N) is 1. The maximum atomic E-state index is 14.4. The zero-order valence-electron chi connectivity index (χ0n) is 44.2. The number of carbonyl (C=O) groups is 9. The number of allylic oxidation sites excluding steroid dienone is 1. The lowest BCUT2D eigenvalue weighted by atomic mass is 9.45. The van der Waals surface area contributed by atoms with Gasteiger partial charge in [0.25, 0.3) is 0 Å². The first-order valence-electron chi connectivity index (χ1n) is 25.8. The van der Waals surface area contributed by atoms with Gasteiger partial charge in [-0.2, -0.15) is 0 Å². The van der Waals surface area contributed by atoms with Crippen LogP contribution in [0.2, 0.25) is 0 Å². The second-order valence-corrected chi connectivity index (χ2v) is 22.0. The average Bonchev–Trinajstić information content (AvgIpc) is 3.77. The maximum Gasteiger partial charge on any atom is 0.308 e. The lowest BCUT2D eigenvalue weighted by Gasteiger charge is -2.60. The molecule has 7 aliphatic rings. The van der Waals surface area contributed by atoms with E-state index in [2.05, 4.69) is 6.92 Å². The Morgan fingerprint density at radius 2 is 1.51 bits per heavy atom. The van der Waals surface area contributed by atoms with Gasteiger partial charge in [-0.3, -0.25) is 43.2 Å². The van der Waals surface area contributed by atoms with Crippen molar-refractivity contribution in [3.8, 4) is 17.2 Å². The molecule has 13 atom stereocenters. The summed E-state index contributed by atoms with van der Waals surface area (Å²) >= 11 is 0. The van der Waals surface area contributed by atoms with Gasteiger partial charge in [-0.15, -0.1) is 0 Å². The summed E-state index contributed by atoms with van der Waals surface area (Å²) in [5.41, 5.74) is 2.11. The minimum atomic E-state index is -1.94. The van der Waals surface area contributed by atoms with E-state index in [0.29, 0.717) is 19.3 Å². The van der Waals surface area contributed by atoms with Crippen LogP contribution in [0.5, 0.6) is 17.2 Å². The van der Waals surface area contributed by atoms with Gasteiger partial charge in [-0.05, 0) is 87.7 Å². The Morgan fingerprint density at radius 3 is 2.12 bits per heavy atom. The van der Waals surface area contributed by atoms with Crippen LogP contribution in [0, 0.1) is 28.6 Å². The number of aliphatic hydroxyl groups excluding tert-OH is 2. The molecule has 3 saturated carbocycles. The van der Waals surface area contributed by atoms with E-state index in [9.17, 15) is 58.5 Å². The van der Waals surface area contributed by atoms with Crippen molar-refractivity contribution >= 4 is 52.8 Å². The molecule has 0 unspecified atom stereocenters. The quantitative estimate of drug-likeness (QED) is 0.162. The first-order valence-corrected chi connectivity index (χ1v) is 25.8. The summed E-state index contributed by atoms with van der Waals surface area (Å²) in [5, 5.41) is 31.7. The molecular weight excluding hydrogens is 991 g/mol. The molecule has 1 heterocycles. The van der Waals surface area contributed by atoms with Crippen LogP contribution < -0.4 is 19.9 Å². The Morgan fingerprint density at radius 1 is 0.842 bits per heavy atom. The SMILES string of the molecule is COc1cccc2c1C(=O)c1c(OC(C)=O)c3c(c(OC(C)=O)c1C2=O)C[C@@](OC(C)=O)(C(C)=O)C[C@@H]3O[C@@H]1C[C@H](N)[C@H](OC(C)=O)[C@H](C)O1.C[C@]12CCC(=O)C=C1CC[C@@H]1[C@@H]2[C@@H](O)C[C@@]2(C)[C@H]1CC[C@]2(O)C(=O)CO. The smallest absolute Gasteiger partial charge is 0.308 e. The number of fused-ring (bicyclic) bond motifs is 8. The Hall–Kier alpha value is -6.03. The summed E-state index contributed by atoms with van der Waals surface area (Å²) in [6.45, 7) is 10.8. The van der Waals surface area contributed by atoms with Crippen molar-refractivity contribution in [1.29, 1.82) is 0 Å². The number of benzene rings is 2. The third-order valence-electron chi connectivity index (χ3n) is 17.5. The van der Waals surface area contributed by atoms with E-state index in [-0.39, 0.29) is 75.5 Å². The lowest BCUT2D eigenvalue weighted by Crippen LogP contribution is -2.62. The van der Waals surface area contributed by atoms with Crippen LogP contribution in [0.15, 0.2) is 29.8 Å². The number of ketones is 5. The molecule has 1 aliphatic heterocycles. The van der Waals surface area contributed by atoms with Crippen molar-refractivity contribution in [1.82, 2.24) is 0 Å². The predicted octanol–water partition coefficient (Wildman–Crippen LogP) is 4.39. The number of aliphatic hydroxyl groups is 3. The third-order valence-corrected chi connectivity index (χ3v) is 17.5. The zero-order chi connectivity index (χ0) is 55.7. The molecule has 2 aromatic rings. The van der Waals surface area contributed by atoms with Gasteiger partial charge in [0, 0.05) is 81.5 Å². The van der Waals surface area contributed by atoms with E-state index in [1.165, 1.54) is 44.7 Å². The van der Waals surface area contributed by atoms with Crippen LogP contribution in [0.4, 0.5) is 0 Å². The van der Waals surface area contributed by atoms with Crippen LogP contribution >= 0.6 is 0 Å². The fourth-order valence-corrected chi connectivity index (χ4v) is 14.2. The van der Waals surface area contributed by atoms with Crippen molar-refractivity contribution in [3.63, 3.8) is 0 Å². The molecule has 0 radical (unpaired) electrons. The predicted molar refractivity (Wildman–Crippen MR) is 264 cm³/mol. The van der Waals surface area contributed by atoms with E-state index in [1.807, 2.05) is 6.92 Å². The van der Waals surface area contributed by atoms with E-state index >= 15 is 0 Å². The molecule has 0 spiro atoms. The maximum absolute atomic E-state index is 14.4. The zero-order valence-corrected chi connectivity index (χ0v) is 44.2. The van der Waals surface area contributed by atoms with Crippen LogP contribution in [-0.2, 0) is 58.9 Å². The van der Waals surface area contributed by atoms with E-state index in [4.69, 9.17) is 38.9 Å². The summed E-state index contributed by atoms with van der Waals surface area (Å²) in [6, 6.07) is 3.60.